The van der Waals surface area contributed by atoms with Gasteiger partial charge in [0.05, 0.1) is 7.14 Å². The highest BCUT2D eigenvalue weighted by atomic mass is 127. The van der Waals surface area contributed by atoms with Crippen LogP contribution in [0.25, 0.3) is 0 Å². The normalized spacial score (nSPS) is 9.80. The van der Waals surface area contributed by atoms with Crippen LogP contribution in [0, 0.1) is 7.14 Å². The minimum Gasteiger partial charge on any atom is -0.507 e. The molecule has 1 aromatic rings. The lowest BCUT2D eigenvalue weighted by atomic mass is 10.3. The first kappa shape index (κ1) is 8.38. The zero-order valence-electron chi connectivity index (χ0n) is 4.81. The molecule has 0 amide bonds. The van der Waals surface area contributed by atoms with Crippen LogP contribution >= 0.6 is 45.2 Å². The predicted octanol–water partition coefficient (Wildman–Crippen LogP) is 2.31. The lowest BCUT2D eigenvalue weighted by Crippen LogP contribution is -1.77. The molecule has 0 aliphatic heterocycles. The Hall–Kier alpha value is 0.280. The Morgan fingerprint density at radius 1 is 0.900 bits per heavy atom. The van der Waals surface area contributed by atoms with Gasteiger partial charge in [0, 0.05) is 0 Å². The lowest BCUT2D eigenvalue weighted by Gasteiger charge is -1.99. The van der Waals surface area contributed by atoms with E-state index in [1.54, 1.807) is 0 Å². The van der Waals surface area contributed by atoms with Crippen molar-refractivity contribution in [1.82, 2.24) is 0 Å². The molecule has 0 aliphatic carbocycles. The fourth-order valence-corrected chi connectivity index (χ4v) is 1.43. The highest BCUT2D eigenvalue weighted by Gasteiger charge is 2.02. The molecule has 0 bridgehead atoms. The molecule has 0 heterocycles. The van der Waals surface area contributed by atoms with Gasteiger partial charge in [-0.3, -0.25) is 0 Å². The molecule has 0 aliphatic rings. The average molecular weight is 362 g/mol. The van der Waals surface area contributed by atoms with Crippen molar-refractivity contribution in [3.63, 3.8) is 0 Å². The Morgan fingerprint density at radius 2 is 1.20 bits per heavy atom. The average Bonchev–Trinajstić information content (AvgIpc) is 1.84. The maximum absolute atomic E-state index is 9.10. The van der Waals surface area contributed by atoms with Crippen molar-refractivity contribution in [2.75, 3.05) is 0 Å². The molecule has 4 heteroatoms. The molecule has 1 aromatic carbocycles. The van der Waals surface area contributed by atoms with Crippen LogP contribution in [-0.4, -0.2) is 10.2 Å². The van der Waals surface area contributed by atoms with Crippen molar-refractivity contribution in [3.05, 3.63) is 19.3 Å². The fraction of sp³-hybridized carbons (Fsp3) is 0. The van der Waals surface area contributed by atoms with Gasteiger partial charge in [-0.15, -0.1) is 0 Å². The molecule has 54 valence electrons. The molecule has 0 saturated carbocycles. The number of phenolic OH excluding ortho intramolecular Hbond substituents is 2. The Bertz CT molecular complexity index is 210. The number of rotatable bonds is 0. The van der Waals surface area contributed by atoms with E-state index in [0.717, 1.165) is 0 Å². The van der Waals surface area contributed by atoms with Gasteiger partial charge in [0.1, 0.15) is 11.5 Å². The van der Waals surface area contributed by atoms with E-state index in [9.17, 15) is 0 Å². The summed E-state index contributed by atoms with van der Waals surface area (Å²) in [5, 5.41) is 18.2. The number of benzene rings is 1. The third kappa shape index (κ3) is 1.66. The van der Waals surface area contributed by atoms with Gasteiger partial charge < -0.3 is 10.2 Å². The van der Waals surface area contributed by atoms with E-state index in [2.05, 4.69) is 0 Å². The maximum atomic E-state index is 9.10. The summed E-state index contributed by atoms with van der Waals surface area (Å²) in [5.74, 6) is 0.422. The first-order valence-corrected chi connectivity index (χ1v) is 4.64. The van der Waals surface area contributed by atoms with Gasteiger partial charge in [0.15, 0.2) is 0 Å². The zero-order chi connectivity index (χ0) is 7.72. The van der Waals surface area contributed by atoms with Crippen molar-refractivity contribution < 1.29 is 10.2 Å². The predicted molar refractivity (Wildman–Crippen MR) is 55.2 cm³/mol. The van der Waals surface area contributed by atoms with Crippen LogP contribution in [0.5, 0.6) is 11.5 Å². The number of phenols is 2. The summed E-state index contributed by atoms with van der Waals surface area (Å²) in [6.07, 6.45) is 0. The summed E-state index contributed by atoms with van der Waals surface area (Å²) in [7, 11) is 0. The summed E-state index contributed by atoms with van der Waals surface area (Å²) in [6.45, 7) is 0. The van der Waals surface area contributed by atoms with Crippen LogP contribution in [0.1, 0.15) is 0 Å². The van der Waals surface area contributed by atoms with E-state index in [1.165, 1.54) is 12.1 Å². The molecule has 0 fully saturated rings. The molecule has 10 heavy (non-hydrogen) atoms. The van der Waals surface area contributed by atoms with Gasteiger partial charge in [-0.2, -0.15) is 0 Å². The third-order valence-corrected chi connectivity index (χ3v) is 2.74. The summed E-state index contributed by atoms with van der Waals surface area (Å²) < 4.78 is 1.33. The van der Waals surface area contributed by atoms with Crippen LogP contribution in [0.4, 0.5) is 0 Å². The van der Waals surface area contributed by atoms with Crippen molar-refractivity contribution >= 4 is 45.2 Å². The van der Waals surface area contributed by atoms with E-state index >= 15 is 0 Å². The van der Waals surface area contributed by atoms with E-state index in [0.29, 0.717) is 7.14 Å². The third-order valence-electron chi connectivity index (χ3n) is 1.02. The quantitative estimate of drug-likeness (QED) is 0.550. The van der Waals surface area contributed by atoms with Crippen LogP contribution in [0.2, 0.25) is 0 Å². The maximum Gasteiger partial charge on any atom is 0.130 e. The van der Waals surface area contributed by atoms with Gasteiger partial charge in [0.2, 0.25) is 0 Å². The van der Waals surface area contributed by atoms with Crippen LogP contribution in [0.3, 0.4) is 0 Å². The Labute approximate surface area is 85.5 Å². The monoisotopic (exact) mass is 362 g/mol. The van der Waals surface area contributed by atoms with Gasteiger partial charge in [-0.1, -0.05) is 0 Å². The van der Waals surface area contributed by atoms with Crippen molar-refractivity contribution in [2.24, 2.45) is 0 Å². The van der Waals surface area contributed by atoms with Crippen molar-refractivity contribution in [3.8, 4) is 11.5 Å². The Balaban J connectivity index is 3.28. The topological polar surface area (TPSA) is 40.5 Å². The molecule has 0 saturated heterocycles. The van der Waals surface area contributed by atoms with Gasteiger partial charge in [-0.05, 0) is 57.3 Å². The smallest absolute Gasteiger partial charge is 0.130 e. The molecular weight excluding hydrogens is 358 g/mol. The minimum atomic E-state index is 0.211. The van der Waals surface area contributed by atoms with Gasteiger partial charge in [0.25, 0.3) is 0 Å². The Morgan fingerprint density at radius 3 is 1.50 bits per heavy atom. The lowest BCUT2D eigenvalue weighted by molar-refractivity contribution is 0.454. The van der Waals surface area contributed by atoms with E-state index < -0.39 is 0 Å². The molecule has 2 N–H and O–H groups in total. The number of aromatic hydroxyl groups is 2. The summed E-state index contributed by atoms with van der Waals surface area (Å²) >= 11 is 3.91. The fourth-order valence-electron chi connectivity index (χ4n) is 0.526. The first-order chi connectivity index (χ1) is 4.61. The number of halogens is 2. The molecule has 0 spiro atoms. The van der Waals surface area contributed by atoms with Crippen LogP contribution in [-0.2, 0) is 0 Å². The van der Waals surface area contributed by atoms with Crippen LogP contribution in [0.15, 0.2) is 12.1 Å². The molecule has 0 atom stereocenters. The minimum absolute atomic E-state index is 0.211. The first-order valence-electron chi connectivity index (χ1n) is 2.48. The van der Waals surface area contributed by atoms with E-state index in [4.69, 9.17) is 10.2 Å². The zero-order valence-corrected chi connectivity index (χ0v) is 9.12. The van der Waals surface area contributed by atoms with Crippen LogP contribution < -0.4 is 0 Å². The molecule has 0 unspecified atom stereocenters. The van der Waals surface area contributed by atoms with E-state index in [-0.39, 0.29) is 11.5 Å². The summed E-state index contributed by atoms with van der Waals surface area (Å²) in [6, 6.07) is 3.05. The molecule has 2 nitrogen and oxygen atoms in total. The largest absolute Gasteiger partial charge is 0.507 e. The number of hydrogen-bond donors (Lipinski definition) is 2. The summed E-state index contributed by atoms with van der Waals surface area (Å²) in [5.41, 5.74) is 0. The second kappa shape index (κ2) is 3.12. The molecule has 0 aromatic heterocycles. The Kier molecular flexibility index (Phi) is 2.61. The molecule has 0 radical (unpaired) electrons. The highest BCUT2D eigenvalue weighted by molar-refractivity contribution is 14.1. The molecular formula is C6H4I2O2. The van der Waals surface area contributed by atoms with Crippen molar-refractivity contribution in [2.45, 2.75) is 0 Å². The second-order valence-electron chi connectivity index (χ2n) is 1.76. The van der Waals surface area contributed by atoms with Crippen molar-refractivity contribution in [1.29, 1.82) is 0 Å². The second-order valence-corrected chi connectivity index (χ2v) is 4.08. The summed E-state index contributed by atoms with van der Waals surface area (Å²) in [4.78, 5) is 0. The van der Waals surface area contributed by atoms with E-state index in [1.807, 2.05) is 45.2 Å². The number of hydrogen-bond acceptors (Lipinski definition) is 2. The van der Waals surface area contributed by atoms with Gasteiger partial charge >= 0.3 is 0 Å². The SMILES string of the molecule is Oc1cc(I)c(O)cc1I. The molecule has 1 rings (SSSR count). The standard InChI is InChI=1S/C6H4I2O2/c7-3-1-5(9)4(8)2-6(3)10/h1-2,9-10H. The van der Waals surface area contributed by atoms with Gasteiger partial charge in [-0.25, -0.2) is 0 Å². The highest BCUT2D eigenvalue weighted by Crippen LogP contribution is 2.28.